The number of likely N-dealkylation sites (N-methyl/N-ethyl adjacent to an activating group) is 1. The minimum atomic E-state index is 0.255. The molecule has 0 radical (unpaired) electrons. The van der Waals surface area contributed by atoms with Gasteiger partial charge in [0, 0.05) is 24.5 Å². The maximum Gasteiger partial charge on any atom is 0.204 e. The second-order valence-corrected chi connectivity index (χ2v) is 7.33. The molecule has 126 valence electrons. The lowest BCUT2D eigenvalue weighted by Gasteiger charge is -2.26. The Balaban J connectivity index is 1.72. The smallest absolute Gasteiger partial charge is 0.204 e. The summed E-state index contributed by atoms with van der Waals surface area (Å²) >= 11 is 10.0. The molecule has 25 heavy (non-hydrogen) atoms. The van der Waals surface area contributed by atoms with Crippen LogP contribution in [0.4, 0.5) is 11.5 Å². The first-order chi connectivity index (χ1) is 12.0. The Kier molecular flexibility index (Phi) is 4.16. The van der Waals surface area contributed by atoms with Crippen molar-refractivity contribution in [1.82, 2.24) is 9.88 Å². The average Bonchev–Trinajstić information content (AvgIpc) is 3.02. The van der Waals surface area contributed by atoms with Crippen molar-refractivity contribution < 1.29 is 4.42 Å². The minimum Gasteiger partial charge on any atom is -0.444 e. The van der Waals surface area contributed by atoms with Crippen LogP contribution in [0, 0.1) is 11.3 Å². The Labute approximate surface area is 158 Å². The monoisotopic (exact) mass is 416 g/mol. The molecule has 0 fully saturated rings. The number of anilines is 2. The van der Waals surface area contributed by atoms with Crippen LogP contribution in [-0.2, 0) is 13.0 Å². The molecule has 1 aromatic carbocycles. The van der Waals surface area contributed by atoms with Crippen molar-refractivity contribution in [2.24, 2.45) is 0 Å². The number of benzene rings is 1. The van der Waals surface area contributed by atoms with Crippen molar-refractivity contribution in [1.29, 1.82) is 5.26 Å². The first kappa shape index (κ1) is 16.4. The maximum atomic E-state index is 8.99. The molecule has 0 aliphatic carbocycles. The number of halogens is 2. The summed E-state index contributed by atoms with van der Waals surface area (Å²) in [6, 6.07) is 7.81. The van der Waals surface area contributed by atoms with Crippen LogP contribution in [0.3, 0.4) is 0 Å². The van der Waals surface area contributed by atoms with E-state index in [-0.39, 0.29) is 5.76 Å². The fourth-order valence-electron chi connectivity index (χ4n) is 3.07. The van der Waals surface area contributed by atoms with E-state index in [1.54, 1.807) is 12.3 Å². The van der Waals surface area contributed by atoms with Crippen molar-refractivity contribution in [3.05, 3.63) is 50.8 Å². The molecule has 4 rings (SSSR count). The van der Waals surface area contributed by atoms with Gasteiger partial charge in [0.2, 0.25) is 5.76 Å². The molecule has 7 heteroatoms. The molecule has 1 N–H and O–H groups in total. The summed E-state index contributed by atoms with van der Waals surface area (Å²) in [6.45, 7) is 1.95. The van der Waals surface area contributed by atoms with Gasteiger partial charge in [0.15, 0.2) is 5.58 Å². The van der Waals surface area contributed by atoms with Crippen LogP contribution >= 0.6 is 27.5 Å². The number of aromatic nitrogens is 1. The van der Waals surface area contributed by atoms with Crippen LogP contribution < -0.4 is 5.32 Å². The standard InChI is InChI=1S/C18H14BrClN4O/c1-24-3-2-10-5-15(14(20)4-11(10)9-24)23-18-17(19)13-6-12(7-21)25-16(13)8-22-18/h4-6,8H,2-3,9H2,1H3,(H,22,23). The number of nitrogens with one attached hydrogen (secondary N) is 1. The highest BCUT2D eigenvalue weighted by Crippen LogP contribution is 2.36. The van der Waals surface area contributed by atoms with Crippen LogP contribution in [-0.4, -0.2) is 23.5 Å². The zero-order chi connectivity index (χ0) is 17.6. The molecule has 1 aliphatic heterocycles. The quantitative estimate of drug-likeness (QED) is 0.646. The minimum absolute atomic E-state index is 0.255. The molecule has 0 saturated heterocycles. The van der Waals surface area contributed by atoms with Gasteiger partial charge in [-0.15, -0.1) is 0 Å². The Morgan fingerprint density at radius 3 is 3.00 bits per heavy atom. The first-order valence-electron chi connectivity index (χ1n) is 7.80. The topological polar surface area (TPSA) is 65.1 Å². The van der Waals surface area contributed by atoms with Crippen molar-refractivity contribution in [2.75, 3.05) is 18.9 Å². The van der Waals surface area contributed by atoms with Crippen molar-refractivity contribution in [3.8, 4) is 6.07 Å². The third-order valence-electron chi connectivity index (χ3n) is 4.37. The number of furan rings is 1. The predicted octanol–water partition coefficient (Wildman–Crippen LogP) is 4.85. The van der Waals surface area contributed by atoms with Crippen LogP contribution in [0.5, 0.6) is 0 Å². The van der Waals surface area contributed by atoms with E-state index in [1.165, 1.54) is 11.1 Å². The van der Waals surface area contributed by atoms with E-state index in [0.717, 1.165) is 35.1 Å². The molecule has 1 aliphatic rings. The molecule has 0 spiro atoms. The lowest BCUT2D eigenvalue weighted by atomic mass is 9.99. The van der Waals surface area contributed by atoms with Crippen LogP contribution in [0.2, 0.25) is 5.02 Å². The number of hydrogen-bond acceptors (Lipinski definition) is 5. The largest absolute Gasteiger partial charge is 0.444 e. The molecule has 0 unspecified atom stereocenters. The van der Waals surface area contributed by atoms with Gasteiger partial charge in [0.05, 0.1) is 21.4 Å². The Hall–Kier alpha value is -2.07. The normalized spacial score (nSPS) is 14.3. The van der Waals surface area contributed by atoms with Crippen molar-refractivity contribution in [3.63, 3.8) is 0 Å². The van der Waals surface area contributed by atoms with Crippen molar-refractivity contribution in [2.45, 2.75) is 13.0 Å². The molecule has 0 atom stereocenters. The zero-order valence-electron chi connectivity index (χ0n) is 13.4. The highest BCUT2D eigenvalue weighted by molar-refractivity contribution is 9.10. The van der Waals surface area contributed by atoms with Gasteiger partial charge in [-0.3, -0.25) is 0 Å². The predicted molar refractivity (Wildman–Crippen MR) is 101 cm³/mol. The number of nitrogens with zero attached hydrogens (tertiary/aromatic N) is 3. The van der Waals surface area contributed by atoms with Crippen LogP contribution in [0.25, 0.3) is 11.0 Å². The number of fused-ring (bicyclic) bond motifs is 2. The summed E-state index contributed by atoms with van der Waals surface area (Å²) in [5, 5.41) is 13.7. The molecule has 0 amide bonds. The van der Waals surface area contributed by atoms with E-state index in [1.807, 2.05) is 12.1 Å². The molecule has 3 heterocycles. The SMILES string of the molecule is CN1CCc2cc(Nc3ncc4oc(C#N)cc4c3Br)c(Cl)cc2C1. The highest BCUT2D eigenvalue weighted by atomic mass is 79.9. The number of pyridine rings is 1. The van der Waals surface area contributed by atoms with Gasteiger partial charge >= 0.3 is 0 Å². The fourth-order valence-corrected chi connectivity index (χ4v) is 3.81. The molecule has 0 saturated carbocycles. The summed E-state index contributed by atoms with van der Waals surface area (Å²) in [6.07, 6.45) is 2.60. The van der Waals surface area contributed by atoms with Gasteiger partial charge < -0.3 is 14.6 Å². The van der Waals surface area contributed by atoms with E-state index >= 15 is 0 Å². The lowest BCUT2D eigenvalue weighted by Crippen LogP contribution is -2.26. The van der Waals surface area contributed by atoms with Crippen LogP contribution in [0.1, 0.15) is 16.9 Å². The fraction of sp³-hybridized carbons (Fsp3) is 0.222. The molecular formula is C18H14BrClN4O. The van der Waals surface area contributed by atoms with E-state index < -0.39 is 0 Å². The Morgan fingerprint density at radius 1 is 1.36 bits per heavy atom. The second kappa shape index (κ2) is 6.34. The zero-order valence-corrected chi connectivity index (χ0v) is 15.8. The summed E-state index contributed by atoms with van der Waals surface area (Å²) in [5.74, 6) is 0.887. The number of hydrogen-bond donors (Lipinski definition) is 1. The number of nitriles is 1. The van der Waals surface area contributed by atoms with Gasteiger partial charge in [-0.25, -0.2) is 4.98 Å². The maximum absolute atomic E-state index is 8.99. The van der Waals surface area contributed by atoms with E-state index in [4.69, 9.17) is 21.3 Å². The van der Waals surface area contributed by atoms with E-state index in [0.29, 0.717) is 16.4 Å². The van der Waals surface area contributed by atoms with Gasteiger partial charge in [-0.2, -0.15) is 5.26 Å². The Morgan fingerprint density at radius 2 is 2.20 bits per heavy atom. The molecule has 0 bridgehead atoms. The summed E-state index contributed by atoms with van der Waals surface area (Å²) < 4.78 is 6.14. The van der Waals surface area contributed by atoms with Gasteiger partial charge in [0.1, 0.15) is 11.9 Å². The van der Waals surface area contributed by atoms with Crippen molar-refractivity contribution >= 4 is 50.0 Å². The third-order valence-corrected chi connectivity index (χ3v) is 5.49. The van der Waals surface area contributed by atoms with Gasteiger partial charge in [-0.1, -0.05) is 11.6 Å². The molecular weight excluding hydrogens is 404 g/mol. The van der Waals surface area contributed by atoms with E-state index in [2.05, 4.69) is 44.2 Å². The van der Waals surface area contributed by atoms with Gasteiger partial charge in [0.25, 0.3) is 0 Å². The first-order valence-corrected chi connectivity index (χ1v) is 8.97. The molecule has 5 nitrogen and oxygen atoms in total. The highest BCUT2D eigenvalue weighted by Gasteiger charge is 2.17. The van der Waals surface area contributed by atoms with Gasteiger partial charge in [-0.05, 0) is 52.7 Å². The summed E-state index contributed by atoms with van der Waals surface area (Å²) in [5.41, 5.74) is 3.95. The van der Waals surface area contributed by atoms with Crippen LogP contribution in [0.15, 0.2) is 33.3 Å². The number of rotatable bonds is 2. The Bertz CT molecular complexity index is 1020. The second-order valence-electron chi connectivity index (χ2n) is 6.13. The summed E-state index contributed by atoms with van der Waals surface area (Å²) in [7, 11) is 2.11. The van der Waals surface area contributed by atoms with E-state index in [9.17, 15) is 0 Å². The molecule has 2 aromatic heterocycles. The molecule has 3 aromatic rings. The third kappa shape index (κ3) is 2.99. The average molecular weight is 418 g/mol. The summed E-state index contributed by atoms with van der Waals surface area (Å²) in [4.78, 5) is 6.67. The lowest BCUT2D eigenvalue weighted by molar-refractivity contribution is 0.313.